The lowest BCUT2D eigenvalue weighted by molar-refractivity contribution is -0.148. The Bertz CT molecular complexity index is 1180. The minimum Gasteiger partial charge on any atom is -0.480 e. The summed E-state index contributed by atoms with van der Waals surface area (Å²) in [4.78, 5) is 38.5. The molecule has 0 fully saturated rings. The number of rotatable bonds is 8. The molecule has 35 heavy (non-hydrogen) atoms. The number of nitrogens with one attached hydrogen (secondary N) is 1. The second-order valence-corrected chi connectivity index (χ2v) is 8.68. The van der Waals surface area contributed by atoms with Gasteiger partial charge in [-0.15, -0.1) is 0 Å². The molecule has 1 aliphatic rings. The van der Waals surface area contributed by atoms with Crippen LogP contribution in [0.5, 0.6) is 0 Å². The normalized spacial score (nSPS) is 13.8. The molecule has 3 aromatic carbocycles. The van der Waals surface area contributed by atoms with E-state index in [-0.39, 0.29) is 18.9 Å². The number of carboxylic acid groups (broad SMARTS) is 1. The van der Waals surface area contributed by atoms with Gasteiger partial charge in [-0.3, -0.25) is 4.79 Å². The maximum absolute atomic E-state index is 13.1. The Morgan fingerprint density at radius 1 is 0.914 bits per heavy atom. The molecule has 2 N–H and O–H groups in total. The second-order valence-electron chi connectivity index (χ2n) is 8.68. The maximum atomic E-state index is 13.1. The van der Waals surface area contributed by atoms with E-state index in [1.165, 1.54) is 14.0 Å². The Labute approximate surface area is 204 Å². The number of carbonyl (C=O) groups is 3. The van der Waals surface area contributed by atoms with Crippen molar-refractivity contribution in [2.24, 2.45) is 0 Å². The van der Waals surface area contributed by atoms with Gasteiger partial charge in [0.2, 0.25) is 5.91 Å². The Morgan fingerprint density at radius 3 is 2.03 bits per heavy atom. The predicted octanol–water partition coefficient (Wildman–Crippen LogP) is 4.07. The first-order valence-corrected chi connectivity index (χ1v) is 11.5. The number of hydrogen-bond acceptors (Lipinski definition) is 4. The van der Waals surface area contributed by atoms with Gasteiger partial charge in [-0.2, -0.15) is 0 Å². The van der Waals surface area contributed by atoms with E-state index >= 15 is 0 Å². The third-order valence-corrected chi connectivity index (χ3v) is 6.50. The molecule has 7 heteroatoms. The first-order valence-electron chi connectivity index (χ1n) is 11.5. The van der Waals surface area contributed by atoms with Crippen molar-refractivity contribution >= 4 is 18.0 Å². The van der Waals surface area contributed by atoms with Crippen LogP contribution in [-0.4, -0.2) is 53.7 Å². The summed E-state index contributed by atoms with van der Waals surface area (Å²) in [6, 6.07) is 23.3. The van der Waals surface area contributed by atoms with Crippen LogP contribution in [-0.2, 0) is 20.7 Å². The number of carboxylic acids is 1. The second kappa shape index (κ2) is 10.4. The van der Waals surface area contributed by atoms with Gasteiger partial charge in [0.1, 0.15) is 18.7 Å². The molecule has 0 heterocycles. The number of benzene rings is 3. The van der Waals surface area contributed by atoms with Crippen molar-refractivity contribution in [3.05, 3.63) is 95.6 Å². The van der Waals surface area contributed by atoms with Crippen molar-refractivity contribution in [2.75, 3.05) is 13.7 Å². The van der Waals surface area contributed by atoms with Gasteiger partial charge in [0.15, 0.2) is 0 Å². The Hall–Kier alpha value is -4.13. The van der Waals surface area contributed by atoms with Crippen molar-refractivity contribution in [1.82, 2.24) is 10.2 Å². The van der Waals surface area contributed by atoms with Crippen molar-refractivity contribution in [1.29, 1.82) is 0 Å². The molecule has 0 bridgehead atoms. The van der Waals surface area contributed by atoms with Crippen LogP contribution in [0.4, 0.5) is 4.79 Å². The molecule has 0 aliphatic heterocycles. The molecule has 0 spiro atoms. The number of fused-ring (bicyclic) bond motifs is 3. The fourth-order valence-electron chi connectivity index (χ4n) is 4.43. The summed E-state index contributed by atoms with van der Waals surface area (Å²) < 4.78 is 5.61. The Kier molecular flexibility index (Phi) is 7.15. The van der Waals surface area contributed by atoms with E-state index in [4.69, 9.17) is 4.74 Å². The molecule has 0 radical (unpaired) electrons. The smallest absolute Gasteiger partial charge is 0.407 e. The number of ether oxygens (including phenoxy) is 1. The lowest BCUT2D eigenvalue weighted by atomic mass is 9.98. The van der Waals surface area contributed by atoms with E-state index in [1.54, 1.807) is 0 Å². The monoisotopic (exact) mass is 472 g/mol. The highest BCUT2D eigenvalue weighted by atomic mass is 16.5. The van der Waals surface area contributed by atoms with Gasteiger partial charge in [-0.1, -0.05) is 78.9 Å². The minimum atomic E-state index is -1.12. The molecular formula is C28H28N2O5. The van der Waals surface area contributed by atoms with Crippen LogP contribution in [0.3, 0.4) is 0 Å². The Balaban J connectivity index is 1.48. The van der Waals surface area contributed by atoms with Gasteiger partial charge < -0.3 is 20.1 Å². The lowest BCUT2D eigenvalue weighted by Crippen LogP contribution is -2.52. The number of likely N-dealkylation sites (N-methyl/N-ethyl adjacent to an activating group) is 1. The topological polar surface area (TPSA) is 95.9 Å². The molecule has 0 aromatic heterocycles. The van der Waals surface area contributed by atoms with Gasteiger partial charge in [0.25, 0.3) is 0 Å². The number of alkyl carbamates (subject to hydrolysis) is 1. The van der Waals surface area contributed by atoms with Crippen molar-refractivity contribution in [3.63, 3.8) is 0 Å². The summed E-state index contributed by atoms with van der Waals surface area (Å²) in [5.41, 5.74) is 5.26. The Morgan fingerprint density at radius 2 is 1.46 bits per heavy atom. The zero-order chi connectivity index (χ0) is 24.9. The third kappa shape index (κ3) is 5.19. The molecule has 2 amide bonds. The van der Waals surface area contributed by atoms with E-state index < -0.39 is 30.1 Å². The van der Waals surface area contributed by atoms with Gasteiger partial charge in [0.05, 0.1) is 0 Å². The number of aliphatic carboxylic acids is 1. The van der Waals surface area contributed by atoms with E-state index in [9.17, 15) is 19.5 Å². The van der Waals surface area contributed by atoms with E-state index in [0.717, 1.165) is 32.7 Å². The van der Waals surface area contributed by atoms with Crippen LogP contribution in [0.15, 0.2) is 78.9 Å². The number of amides is 2. The van der Waals surface area contributed by atoms with E-state index in [2.05, 4.69) is 17.4 Å². The summed E-state index contributed by atoms with van der Waals surface area (Å²) in [7, 11) is 1.42. The number of carbonyl (C=O) groups excluding carboxylic acids is 2. The highest BCUT2D eigenvalue weighted by Crippen LogP contribution is 2.44. The van der Waals surface area contributed by atoms with Gasteiger partial charge in [-0.05, 0) is 34.7 Å². The summed E-state index contributed by atoms with van der Waals surface area (Å²) >= 11 is 0. The molecule has 7 nitrogen and oxygen atoms in total. The van der Waals surface area contributed by atoms with Crippen LogP contribution in [0.25, 0.3) is 11.1 Å². The highest BCUT2D eigenvalue weighted by Gasteiger charge is 2.32. The van der Waals surface area contributed by atoms with Crippen molar-refractivity contribution in [2.45, 2.75) is 31.3 Å². The molecule has 0 saturated carbocycles. The molecule has 180 valence electrons. The van der Waals surface area contributed by atoms with Crippen LogP contribution < -0.4 is 5.32 Å². The first kappa shape index (κ1) is 24.0. The average molecular weight is 473 g/mol. The fraction of sp³-hybridized carbons (Fsp3) is 0.250. The minimum absolute atomic E-state index is 0.105. The number of hydrogen-bond donors (Lipinski definition) is 2. The van der Waals surface area contributed by atoms with Gasteiger partial charge in [-0.25, -0.2) is 9.59 Å². The molecule has 4 rings (SSSR count). The highest BCUT2D eigenvalue weighted by molar-refractivity contribution is 5.89. The van der Waals surface area contributed by atoms with Crippen molar-refractivity contribution < 1.29 is 24.2 Å². The molecular weight excluding hydrogens is 444 g/mol. The third-order valence-electron chi connectivity index (χ3n) is 6.50. The summed E-state index contributed by atoms with van der Waals surface area (Å²) in [6.45, 7) is 1.54. The van der Waals surface area contributed by atoms with Gasteiger partial charge in [0, 0.05) is 19.4 Å². The fourth-order valence-corrected chi connectivity index (χ4v) is 4.43. The van der Waals surface area contributed by atoms with Crippen LogP contribution >= 0.6 is 0 Å². The summed E-state index contributed by atoms with van der Waals surface area (Å²) in [5.74, 6) is -1.73. The number of nitrogens with zero attached hydrogens (tertiary/aromatic N) is 1. The molecule has 1 aliphatic carbocycles. The van der Waals surface area contributed by atoms with Gasteiger partial charge >= 0.3 is 12.1 Å². The van der Waals surface area contributed by atoms with Crippen molar-refractivity contribution in [3.8, 4) is 11.1 Å². The molecule has 0 saturated heterocycles. The zero-order valence-corrected chi connectivity index (χ0v) is 19.7. The molecule has 0 unspecified atom stereocenters. The predicted molar refractivity (Wildman–Crippen MR) is 132 cm³/mol. The SMILES string of the molecule is C[C@@H](C(=O)O)N(C)C(=O)[C@@H](Cc1ccccc1)NC(=O)OCC1c2ccccc2-c2ccccc21. The first-order chi connectivity index (χ1) is 16.9. The molecule has 3 aromatic rings. The van der Waals surface area contributed by atoms with E-state index in [1.807, 2.05) is 66.7 Å². The standard InChI is InChI=1S/C28H28N2O5/c1-18(27(32)33)30(2)26(31)25(16-19-10-4-3-5-11-19)29-28(34)35-17-24-22-14-8-6-12-20(22)21-13-7-9-15-23(21)24/h3-15,18,24-25H,16-17H2,1-2H3,(H,29,34)(H,32,33)/t18-,25+/m0/s1. The van der Waals surface area contributed by atoms with Crippen LogP contribution in [0.2, 0.25) is 0 Å². The average Bonchev–Trinajstić information content (AvgIpc) is 3.20. The maximum Gasteiger partial charge on any atom is 0.407 e. The zero-order valence-electron chi connectivity index (χ0n) is 19.7. The van der Waals surface area contributed by atoms with Crippen LogP contribution in [0, 0.1) is 0 Å². The van der Waals surface area contributed by atoms with E-state index in [0.29, 0.717) is 0 Å². The summed E-state index contributed by atoms with van der Waals surface area (Å²) in [6.07, 6.45) is -0.516. The molecule has 2 atom stereocenters. The van der Waals surface area contributed by atoms with Crippen LogP contribution in [0.1, 0.15) is 29.5 Å². The largest absolute Gasteiger partial charge is 0.480 e. The quantitative estimate of drug-likeness (QED) is 0.515. The lowest BCUT2D eigenvalue weighted by Gasteiger charge is -2.27. The summed E-state index contributed by atoms with van der Waals surface area (Å²) in [5, 5.41) is 12.0.